The van der Waals surface area contributed by atoms with E-state index in [-0.39, 0.29) is 6.04 Å². The van der Waals surface area contributed by atoms with Gasteiger partial charge >= 0.3 is 0 Å². The van der Waals surface area contributed by atoms with E-state index in [4.69, 9.17) is 10.6 Å². The van der Waals surface area contributed by atoms with Gasteiger partial charge < -0.3 is 4.74 Å². The van der Waals surface area contributed by atoms with E-state index >= 15 is 0 Å². The van der Waals surface area contributed by atoms with Gasteiger partial charge in [-0.3, -0.25) is 11.3 Å². The minimum atomic E-state index is 0.258. The molecule has 70 valence electrons. The SMILES string of the molecule is C=C(C)C(NN)C1CCOCC1. The maximum absolute atomic E-state index is 5.45. The third kappa shape index (κ3) is 2.30. The monoisotopic (exact) mass is 170 g/mol. The average Bonchev–Trinajstić information content (AvgIpc) is 2.07. The summed E-state index contributed by atoms with van der Waals surface area (Å²) in [6.07, 6.45) is 2.17. The quantitative estimate of drug-likeness (QED) is 0.374. The van der Waals surface area contributed by atoms with Gasteiger partial charge in [0.1, 0.15) is 0 Å². The first-order chi connectivity index (χ1) is 5.75. The van der Waals surface area contributed by atoms with Crippen LogP contribution >= 0.6 is 0 Å². The third-order valence-corrected chi connectivity index (χ3v) is 2.45. The highest BCUT2D eigenvalue weighted by Crippen LogP contribution is 2.21. The van der Waals surface area contributed by atoms with Gasteiger partial charge in [-0.2, -0.15) is 0 Å². The van der Waals surface area contributed by atoms with Gasteiger partial charge in [-0.15, -0.1) is 0 Å². The Hall–Kier alpha value is -0.380. The smallest absolute Gasteiger partial charge is 0.0469 e. The summed E-state index contributed by atoms with van der Waals surface area (Å²) in [6.45, 7) is 7.65. The lowest BCUT2D eigenvalue weighted by atomic mass is 9.88. The Morgan fingerprint density at radius 2 is 2.17 bits per heavy atom. The van der Waals surface area contributed by atoms with Crippen molar-refractivity contribution in [1.82, 2.24) is 5.43 Å². The molecular weight excluding hydrogens is 152 g/mol. The van der Waals surface area contributed by atoms with E-state index in [1.807, 2.05) is 6.92 Å². The van der Waals surface area contributed by atoms with Crippen molar-refractivity contribution in [2.24, 2.45) is 11.8 Å². The molecule has 1 aliphatic heterocycles. The van der Waals surface area contributed by atoms with Gasteiger partial charge in [0.05, 0.1) is 0 Å². The Morgan fingerprint density at radius 3 is 2.58 bits per heavy atom. The van der Waals surface area contributed by atoms with Gasteiger partial charge in [-0.1, -0.05) is 12.2 Å². The van der Waals surface area contributed by atoms with Crippen molar-refractivity contribution in [1.29, 1.82) is 0 Å². The number of rotatable bonds is 3. The van der Waals surface area contributed by atoms with E-state index in [9.17, 15) is 0 Å². The van der Waals surface area contributed by atoms with Gasteiger partial charge in [0.2, 0.25) is 0 Å². The first kappa shape index (κ1) is 9.71. The lowest BCUT2D eigenvalue weighted by Crippen LogP contribution is -2.43. The molecule has 1 aliphatic rings. The van der Waals surface area contributed by atoms with Gasteiger partial charge in [-0.25, -0.2) is 0 Å². The zero-order valence-electron chi connectivity index (χ0n) is 7.68. The third-order valence-electron chi connectivity index (χ3n) is 2.45. The van der Waals surface area contributed by atoms with Crippen molar-refractivity contribution in [2.45, 2.75) is 25.8 Å². The summed E-state index contributed by atoms with van der Waals surface area (Å²) in [6, 6.07) is 0.258. The molecule has 0 aliphatic carbocycles. The number of hydrogen-bond donors (Lipinski definition) is 2. The molecule has 3 heteroatoms. The van der Waals surface area contributed by atoms with Gasteiger partial charge in [-0.05, 0) is 25.7 Å². The van der Waals surface area contributed by atoms with Crippen LogP contribution in [0.1, 0.15) is 19.8 Å². The Balaban J connectivity index is 2.46. The van der Waals surface area contributed by atoms with Crippen molar-refractivity contribution in [2.75, 3.05) is 13.2 Å². The number of hydrogen-bond acceptors (Lipinski definition) is 3. The highest BCUT2D eigenvalue weighted by atomic mass is 16.5. The molecular formula is C9H18N2O. The summed E-state index contributed by atoms with van der Waals surface area (Å²) in [7, 11) is 0. The highest BCUT2D eigenvalue weighted by Gasteiger charge is 2.23. The number of hydrazine groups is 1. The fourth-order valence-corrected chi connectivity index (χ4v) is 1.73. The topological polar surface area (TPSA) is 47.3 Å². The van der Waals surface area contributed by atoms with Crippen molar-refractivity contribution in [3.8, 4) is 0 Å². The molecule has 1 saturated heterocycles. The molecule has 1 unspecified atom stereocenters. The molecule has 1 rings (SSSR count). The van der Waals surface area contributed by atoms with E-state index in [1.54, 1.807) is 0 Å². The second-order valence-electron chi connectivity index (χ2n) is 3.44. The summed E-state index contributed by atoms with van der Waals surface area (Å²) in [4.78, 5) is 0. The summed E-state index contributed by atoms with van der Waals surface area (Å²) in [5, 5.41) is 0. The van der Waals surface area contributed by atoms with Crippen molar-refractivity contribution >= 4 is 0 Å². The predicted octanol–water partition coefficient (Wildman–Crippen LogP) is 0.821. The molecule has 1 atom stereocenters. The summed E-state index contributed by atoms with van der Waals surface area (Å²) in [5.41, 5.74) is 3.93. The van der Waals surface area contributed by atoms with Crippen LogP contribution in [0.15, 0.2) is 12.2 Å². The second-order valence-corrected chi connectivity index (χ2v) is 3.44. The molecule has 0 aromatic heterocycles. The molecule has 0 amide bonds. The molecule has 1 fully saturated rings. The normalized spacial score (nSPS) is 22.2. The maximum atomic E-state index is 5.45. The highest BCUT2D eigenvalue weighted by molar-refractivity contribution is 5.03. The van der Waals surface area contributed by atoms with Crippen LogP contribution in [0, 0.1) is 5.92 Å². The maximum Gasteiger partial charge on any atom is 0.0469 e. The first-order valence-corrected chi connectivity index (χ1v) is 4.45. The fraction of sp³-hybridized carbons (Fsp3) is 0.778. The van der Waals surface area contributed by atoms with E-state index in [0.717, 1.165) is 31.6 Å². The first-order valence-electron chi connectivity index (χ1n) is 4.45. The lowest BCUT2D eigenvalue weighted by Gasteiger charge is -2.29. The Labute approximate surface area is 73.9 Å². The molecule has 0 saturated carbocycles. The Morgan fingerprint density at radius 1 is 1.58 bits per heavy atom. The van der Waals surface area contributed by atoms with Crippen molar-refractivity contribution in [3.63, 3.8) is 0 Å². The molecule has 0 aromatic rings. The molecule has 0 bridgehead atoms. The van der Waals surface area contributed by atoms with E-state index < -0.39 is 0 Å². The van der Waals surface area contributed by atoms with Crippen LogP contribution in [0.5, 0.6) is 0 Å². The molecule has 0 spiro atoms. The zero-order valence-corrected chi connectivity index (χ0v) is 7.68. The van der Waals surface area contributed by atoms with E-state index in [0.29, 0.717) is 5.92 Å². The average molecular weight is 170 g/mol. The number of ether oxygens (including phenoxy) is 1. The zero-order chi connectivity index (χ0) is 8.97. The van der Waals surface area contributed by atoms with Crippen LogP contribution in [-0.4, -0.2) is 19.3 Å². The predicted molar refractivity (Wildman–Crippen MR) is 49.5 cm³/mol. The minimum Gasteiger partial charge on any atom is -0.381 e. The Bertz CT molecular complexity index is 153. The van der Waals surface area contributed by atoms with E-state index in [1.165, 1.54) is 0 Å². The fourth-order valence-electron chi connectivity index (χ4n) is 1.73. The molecule has 3 N–H and O–H groups in total. The van der Waals surface area contributed by atoms with Crippen molar-refractivity contribution in [3.05, 3.63) is 12.2 Å². The largest absolute Gasteiger partial charge is 0.381 e. The van der Waals surface area contributed by atoms with Gasteiger partial charge in [0.25, 0.3) is 0 Å². The van der Waals surface area contributed by atoms with Gasteiger partial charge in [0, 0.05) is 19.3 Å². The minimum absolute atomic E-state index is 0.258. The van der Waals surface area contributed by atoms with Crippen LogP contribution in [-0.2, 0) is 4.74 Å². The lowest BCUT2D eigenvalue weighted by molar-refractivity contribution is 0.0580. The molecule has 0 aromatic carbocycles. The van der Waals surface area contributed by atoms with Crippen LogP contribution in [0.3, 0.4) is 0 Å². The van der Waals surface area contributed by atoms with Crippen molar-refractivity contribution < 1.29 is 4.74 Å². The van der Waals surface area contributed by atoms with E-state index in [2.05, 4.69) is 12.0 Å². The van der Waals surface area contributed by atoms with Crippen LogP contribution in [0.25, 0.3) is 0 Å². The standard InChI is InChI=1S/C9H18N2O/c1-7(2)9(11-10)8-3-5-12-6-4-8/h8-9,11H,1,3-6,10H2,2H3. The summed E-state index contributed by atoms with van der Waals surface area (Å²) < 4.78 is 5.28. The van der Waals surface area contributed by atoms with Crippen LogP contribution in [0.4, 0.5) is 0 Å². The second kappa shape index (κ2) is 4.60. The van der Waals surface area contributed by atoms with Gasteiger partial charge in [0.15, 0.2) is 0 Å². The molecule has 3 nitrogen and oxygen atoms in total. The van der Waals surface area contributed by atoms with Crippen LogP contribution < -0.4 is 11.3 Å². The molecule has 1 heterocycles. The Kier molecular flexibility index (Phi) is 3.72. The number of nitrogens with one attached hydrogen (secondary N) is 1. The molecule has 12 heavy (non-hydrogen) atoms. The number of nitrogens with two attached hydrogens (primary N) is 1. The van der Waals surface area contributed by atoms with Crippen LogP contribution in [0.2, 0.25) is 0 Å². The summed E-state index contributed by atoms with van der Waals surface area (Å²) in [5.74, 6) is 6.05. The molecule has 0 radical (unpaired) electrons. The summed E-state index contributed by atoms with van der Waals surface area (Å²) >= 11 is 0.